The second-order valence-electron chi connectivity index (χ2n) is 3.49. The van der Waals surface area contributed by atoms with Crippen LogP contribution in [0.1, 0.15) is 6.92 Å². The van der Waals surface area contributed by atoms with Crippen LogP contribution in [0, 0.1) is 0 Å². The zero-order valence-electron chi connectivity index (χ0n) is 9.24. The van der Waals surface area contributed by atoms with E-state index in [1.54, 1.807) is 25.3 Å². The molecule has 0 aliphatic heterocycles. The summed E-state index contributed by atoms with van der Waals surface area (Å²) in [6.07, 6.45) is 4.51. The molecule has 3 N–H and O–H groups in total. The van der Waals surface area contributed by atoms with Crippen LogP contribution >= 0.6 is 0 Å². The van der Waals surface area contributed by atoms with E-state index in [0.717, 1.165) is 0 Å². The third kappa shape index (κ3) is 2.45. The molecule has 2 heterocycles. The number of pyridine rings is 1. The van der Waals surface area contributed by atoms with Crippen LogP contribution in [-0.2, 0) is 4.79 Å². The van der Waals surface area contributed by atoms with Gasteiger partial charge >= 0.3 is 0 Å². The molecule has 0 saturated carbocycles. The molecule has 0 spiro atoms. The summed E-state index contributed by atoms with van der Waals surface area (Å²) in [4.78, 5) is 19.5. The first-order valence-electron chi connectivity index (χ1n) is 5.05. The maximum Gasteiger partial charge on any atom is 0.241 e. The van der Waals surface area contributed by atoms with Gasteiger partial charge in [0, 0.05) is 6.20 Å². The molecule has 2 aromatic heterocycles. The van der Waals surface area contributed by atoms with E-state index in [1.165, 1.54) is 17.3 Å². The molecule has 1 atom stereocenters. The number of nitrogens with one attached hydrogen (secondary N) is 1. The summed E-state index contributed by atoms with van der Waals surface area (Å²) in [5.74, 6) is 0.221. The molecule has 0 fully saturated rings. The van der Waals surface area contributed by atoms with Gasteiger partial charge in [-0.05, 0) is 19.1 Å². The van der Waals surface area contributed by atoms with Crippen LogP contribution in [0.4, 0.5) is 5.69 Å². The van der Waals surface area contributed by atoms with Crippen molar-refractivity contribution in [3.05, 3.63) is 31.0 Å². The molecule has 7 heteroatoms. The molecular formula is C10H12N6O. The van der Waals surface area contributed by atoms with E-state index < -0.39 is 6.04 Å². The van der Waals surface area contributed by atoms with Gasteiger partial charge in [-0.2, -0.15) is 5.10 Å². The molecule has 1 amide bonds. The molecule has 0 saturated heterocycles. The van der Waals surface area contributed by atoms with Gasteiger partial charge in [0.05, 0.1) is 11.7 Å². The summed E-state index contributed by atoms with van der Waals surface area (Å²) in [5, 5.41) is 6.64. The number of carbonyl (C=O) groups is 1. The van der Waals surface area contributed by atoms with Crippen molar-refractivity contribution in [3.63, 3.8) is 0 Å². The molecule has 0 bridgehead atoms. The lowest BCUT2D eigenvalue weighted by Gasteiger charge is -2.10. The van der Waals surface area contributed by atoms with Crippen LogP contribution in [-0.4, -0.2) is 31.7 Å². The summed E-state index contributed by atoms with van der Waals surface area (Å²) < 4.78 is 1.47. The first-order chi connectivity index (χ1) is 8.18. The fourth-order valence-electron chi connectivity index (χ4n) is 1.24. The molecule has 2 rings (SSSR count). The molecular weight excluding hydrogens is 220 g/mol. The van der Waals surface area contributed by atoms with Crippen LogP contribution in [0.5, 0.6) is 0 Å². The summed E-state index contributed by atoms with van der Waals surface area (Å²) >= 11 is 0. The minimum absolute atomic E-state index is 0.278. The highest BCUT2D eigenvalue weighted by molar-refractivity contribution is 5.95. The van der Waals surface area contributed by atoms with E-state index in [1.807, 2.05) is 0 Å². The normalized spacial score (nSPS) is 12.1. The lowest BCUT2D eigenvalue weighted by atomic mass is 10.3. The SMILES string of the molecule is C[C@H](N)C(=O)Nc1cccnc1-n1cncn1. The Morgan fingerprint density at radius 1 is 1.59 bits per heavy atom. The molecule has 0 aliphatic rings. The lowest BCUT2D eigenvalue weighted by Crippen LogP contribution is -2.32. The highest BCUT2D eigenvalue weighted by Gasteiger charge is 2.12. The number of hydrogen-bond acceptors (Lipinski definition) is 5. The van der Waals surface area contributed by atoms with Crippen molar-refractivity contribution in [3.8, 4) is 5.82 Å². The number of nitrogens with zero attached hydrogens (tertiary/aromatic N) is 4. The molecule has 0 radical (unpaired) electrons. The van der Waals surface area contributed by atoms with Crippen LogP contribution in [0.15, 0.2) is 31.0 Å². The number of nitrogens with two attached hydrogens (primary N) is 1. The Morgan fingerprint density at radius 2 is 2.41 bits per heavy atom. The lowest BCUT2D eigenvalue weighted by molar-refractivity contribution is -0.117. The number of amides is 1. The molecule has 0 aliphatic carbocycles. The van der Waals surface area contributed by atoms with Crippen LogP contribution in [0.3, 0.4) is 0 Å². The monoisotopic (exact) mass is 232 g/mol. The number of rotatable bonds is 3. The Kier molecular flexibility index (Phi) is 3.10. The third-order valence-electron chi connectivity index (χ3n) is 2.09. The van der Waals surface area contributed by atoms with E-state index >= 15 is 0 Å². The van der Waals surface area contributed by atoms with E-state index in [2.05, 4.69) is 20.4 Å². The molecule has 0 aromatic carbocycles. The zero-order chi connectivity index (χ0) is 12.3. The zero-order valence-corrected chi connectivity index (χ0v) is 9.24. The van der Waals surface area contributed by atoms with Crippen molar-refractivity contribution in [1.29, 1.82) is 0 Å². The van der Waals surface area contributed by atoms with Gasteiger partial charge in [-0.25, -0.2) is 14.6 Å². The highest BCUT2D eigenvalue weighted by Crippen LogP contribution is 2.15. The minimum atomic E-state index is -0.584. The van der Waals surface area contributed by atoms with Gasteiger partial charge in [0.25, 0.3) is 0 Å². The van der Waals surface area contributed by atoms with Crippen molar-refractivity contribution >= 4 is 11.6 Å². The smallest absolute Gasteiger partial charge is 0.241 e. The number of carbonyl (C=O) groups excluding carboxylic acids is 1. The van der Waals surface area contributed by atoms with Gasteiger partial charge < -0.3 is 11.1 Å². The third-order valence-corrected chi connectivity index (χ3v) is 2.09. The Balaban J connectivity index is 2.32. The molecule has 17 heavy (non-hydrogen) atoms. The maximum absolute atomic E-state index is 11.5. The minimum Gasteiger partial charge on any atom is -0.322 e. The Hall–Kier alpha value is -2.28. The first-order valence-corrected chi connectivity index (χ1v) is 5.05. The molecule has 2 aromatic rings. The fraction of sp³-hybridized carbons (Fsp3) is 0.200. The van der Waals surface area contributed by atoms with Gasteiger partial charge in [0.2, 0.25) is 5.91 Å². The van der Waals surface area contributed by atoms with Crippen LogP contribution in [0.25, 0.3) is 5.82 Å². The first kappa shape index (κ1) is 11.2. The highest BCUT2D eigenvalue weighted by atomic mass is 16.2. The van der Waals surface area contributed by atoms with Crippen LogP contribution in [0.2, 0.25) is 0 Å². The predicted octanol–water partition coefficient (Wildman–Crippen LogP) is -0.0520. The number of anilines is 1. The fourth-order valence-corrected chi connectivity index (χ4v) is 1.24. The summed E-state index contributed by atoms with van der Waals surface area (Å²) in [5.41, 5.74) is 6.03. The van der Waals surface area contributed by atoms with Gasteiger partial charge in [0.1, 0.15) is 12.7 Å². The standard InChI is InChI=1S/C10H12N6O/c1-7(11)10(17)15-8-3-2-4-13-9(8)16-6-12-5-14-16/h2-7H,11H2,1H3,(H,15,17)/t7-/m0/s1. The predicted molar refractivity (Wildman–Crippen MR) is 61.4 cm³/mol. The van der Waals surface area contributed by atoms with E-state index in [-0.39, 0.29) is 5.91 Å². The summed E-state index contributed by atoms with van der Waals surface area (Å²) in [6.45, 7) is 1.61. The number of hydrogen-bond donors (Lipinski definition) is 2. The second-order valence-corrected chi connectivity index (χ2v) is 3.49. The largest absolute Gasteiger partial charge is 0.322 e. The van der Waals surface area contributed by atoms with E-state index in [4.69, 9.17) is 5.73 Å². The average Bonchev–Trinajstić information content (AvgIpc) is 2.83. The van der Waals surface area contributed by atoms with Gasteiger partial charge in [0.15, 0.2) is 5.82 Å². The van der Waals surface area contributed by atoms with Crippen molar-refractivity contribution in [1.82, 2.24) is 19.7 Å². The summed E-state index contributed by atoms with van der Waals surface area (Å²) in [7, 11) is 0. The number of aromatic nitrogens is 4. The van der Waals surface area contributed by atoms with Crippen molar-refractivity contribution in [2.24, 2.45) is 5.73 Å². The van der Waals surface area contributed by atoms with Crippen molar-refractivity contribution in [2.75, 3.05) is 5.32 Å². The second kappa shape index (κ2) is 4.71. The van der Waals surface area contributed by atoms with E-state index in [9.17, 15) is 4.79 Å². The quantitative estimate of drug-likeness (QED) is 0.772. The average molecular weight is 232 g/mol. The van der Waals surface area contributed by atoms with E-state index in [0.29, 0.717) is 11.5 Å². The Morgan fingerprint density at radius 3 is 3.06 bits per heavy atom. The van der Waals surface area contributed by atoms with Crippen molar-refractivity contribution < 1.29 is 4.79 Å². The topological polar surface area (TPSA) is 98.7 Å². The molecule has 7 nitrogen and oxygen atoms in total. The Labute approximate surface area is 97.7 Å². The molecule has 88 valence electrons. The van der Waals surface area contributed by atoms with Gasteiger partial charge in [-0.1, -0.05) is 0 Å². The maximum atomic E-state index is 11.5. The van der Waals surface area contributed by atoms with Gasteiger partial charge in [-0.15, -0.1) is 0 Å². The Bertz CT molecular complexity index is 507. The van der Waals surface area contributed by atoms with Gasteiger partial charge in [-0.3, -0.25) is 4.79 Å². The summed E-state index contributed by atoms with van der Waals surface area (Å²) in [6, 6.07) is 2.86. The van der Waals surface area contributed by atoms with Crippen LogP contribution < -0.4 is 11.1 Å². The molecule has 0 unspecified atom stereocenters. The van der Waals surface area contributed by atoms with Crippen molar-refractivity contribution in [2.45, 2.75) is 13.0 Å².